The summed E-state index contributed by atoms with van der Waals surface area (Å²) in [6, 6.07) is 13.3. The molecule has 1 N–H and O–H groups in total. The van der Waals surface area contributed by atoms with Gasteiger partial charge in [0.2, 0.25) is 0 Å². The molecule has 25 heavy (non-hydrogen) atoms. The van der Waals surface area contributed by atoms with Crippen molar-refractivity contribution in [1.82, 2.24) is 4.72 Å². The van der Waals surface area contributed by atoms with Crippen LogP contribution in [0.5, 0.6) is 0 Å². The molecule has 0 unspecified atom stereocenters. The minimum absolute atomic E-state index is 0.312. The molecule has 0 saturated carbocycles. The van der Waals surface area contributed by atoms with E-state index in [1.807, 2.05) is 45.0 Å². The predicted octanol–water partition coefficient (Wildman–Crippen LogP) is 4.21. The van der Waals surface area contributed by atoms with Crippen molar-refractivity contribution < 1.29 is 13.2 Å². The molecule has 2 aromatic rings. The van der Waals surface area contributed by atoms with E-state index < -0.39 is 22.9 Å². The zero-order valence-corrected chi connectivity index (χ0v) is 17.0. The first-order chi connectivity index (χ1) is 11.5. The summed E-state index contributed by atoms with van der Waals surface area (Å²) >= 11 is 0. The summed E-state index contributed by atoms with van der Waals surface area (Å²) in [6.07, 6.45) is 0. The van der Waals surface area contributed by atoms with Gasteiger partial charge in [-0.15, -0.1) is 0 Å². The number of hydrogen-bond donors (Lipinski definition) is 1. The van der Waals surface area contributed by atoms with Gasteiger partial charge in [-0.3, -0.25) is 0 Å². The van der Waals surface area contributed by atoms with Crippen molar-refractivity contribution in [2.75, 3.05) is 13.3 Å². The molecule has 3 nitrogen and oxygen atoms in total. The smallest absolute Gasteiger partial charge is 0.123 e. The van der Waals surface area contributed by atoms with E-state index in [1.165, 1.54) is 12.1 Å². The van der Waals surface area contributed by atoms with Gasteiger partial charge in [0, 0.05) is 5.30 Å². The molecule has 2 rings (SSSR count). The minimum Gasteiger partial charge on any atom is -0.319 e. The number of rotatable bonds is 5. The maximum absolute atomic E-state index is 13.3. The van der Waals surface area contributed by atoms with Gasteiger partial charge >= 0.3 is 0 Å². The third-order valence-corrected chi connectivity index (χ3v) is 6.94. The molecule has 0 saturated heterocycles. The third-order valence-electron chi connectivity index (χ3n) is 3.83. The highest BCUT2D eigenvalue weighted by molar-refractivity contribution is 7.84. The minimum atomic E-state index is -2.33. The van der Waals surface area contributed by atoms with Crippen molar-refractivity contribution in [2.45, 2.75) is 31.6 Å². The lowest BCUT2D eigenvalue weighted by atomic mass is 10.00. The summed E-state index contributed by atoms with van der Waals surface area (Å²) in [5.41, 5.74) is 1.71. The summed E-state index contributed by atoms with van der Waals surface area (Å²) in [6.45, 7) is 9.14. The molecule has 6 heteroatoms. The molecule has 0 aliphatic rings. The van der Waals surface area contributed by atoms with Crippen molar-refractivity contribution in [3.05, 3.63) is 65.5 Å². The third kappa shape index (κ3) is 5.34. The number of hydrogen-bond acceptors (Lipinski definition) is 2. The highest BCUT2D eigenvalue weighted by atomic mass is 32.2. The van der Waals surface area contributed by atoms with Gasteiger partial charge in [0.25, 0.3) is 0 Å². The van der Waals surface area contributed by atoms with Crippen molar-refractivity contribution >= 4 is 23.4 Å². The number of halogens is 1. The Balaban J connectivity index is 2.42. The highest BCUT2D eigenvalue weighted by Gasteiger charge is 2.25. The Labute approximate surface area is 152 Å². The van der Waals surface area contributed by atoms with Crippen LogP contribution < -0.4 is 10.0 Å². The summed E-state index contributed by atoms with van der Waals surface area (Å²) in [7, 11) is -3.63. The molecule has 0 amide bonds. The van der Waals surface area contributed by atoms with Crippen molar-refractivity contribution in [2.24, 2.45) is 0 Å². The first-order valence-corrected chi connectivity index (χ1v) is 11.8. The Kier molecular flexibility index (Phi) is 6.03. The van der Waals surface area contributed by atoms with Crippen LogP contribution in [0.2, 0.25) is 0 Å². The Morgan fingerprint density at radius 3 is 1.80 bits per heavy atom. The molecule has 0 spiro atoms. The fraction of sp³-hybridized carbons (Fsp3) is 0.368. The van der Waals surface area contributed by atoms with Crippen molar-refractivity contribution in [1.29, 1.82) is 0 Å². The van der Waals surface area contributed by atoms with Gasteiger partial charge in [-0.1, -0.05) is 36.4 Å². The highest BCUT2D eigenvalue weighted by Crippen LogP contribution is 2.35. The molecule has 0 aliphatic heterocycles. The monoisotopic (exact) mass is 381 g/mol. The largest absolute Gasteiger partial charge is 0.319 e. The van der Waals surface area contributed by atoms with E-state index in [1.54, 1.807) is 25.5 Å². The van der Waals surface area contributed by atoms with Crippen LogP contribution in [0.15, 0.2) is 48.5 Å². The fourth-order valence-corrected chi connectivity index (χ4v) is 4.00. The Hall–Kier alpha value is -1.29. The van der Waals surface area contributed by atoms with Gasteiger partial charge in [0.05, 0.1) is 21.8 Å². The molecule has 0 bridgehead atoms. The lowest BCUT2D eigenvalue weighted by molar-refractivity contribution is 0.588. The van der Waals surface area contributed by atoms with E-state index in [0.29, 0.717) is 0 Å². The Morgan fingerprint density at radius 2 is 1.40 bits per heavy atom. The van der Waals surface area contributed by atoms with E-state index in [-0.39, 0.29) is 11.9 Å². The van der Waals surface area contributed by atoms with E-state index in [2.05, 4.69) is 4.72 Å². The number of nitrogens with one attached hydrogen (secondary N) is 1. The van der Waals surface area contributed by atoms with Gasteiger partial charge in [-0.2, -0.15) is 0 Å². The molecule has 2 aromatic carbocycles. The quantitative estimate of drug-likeness (QED) is 0.789. The molecule has 0 heterocycles. The van der Waals surface area contributed by atoms with E-state index in [4.69, 9.17) is 0 Å². The maximum Gasteiger partial charge on any atom is 0.123 e. The maximum atomic E-state index is 13.3. The van der Waals surface area contributed by atoms with E-state index in [9.17, 15) is 13.2 Å². The average molecular weight is 381 g/mol. The SMILES string of the molecule is CC(C)(C)[S@](=O)N[C@@H](c1ccc(F)cc1)c1ccc(P(C)(C)=O)cc1. The van der Waals surface area contributed by atoms with Gasteiger partial charge < -0.3 is 4.57 Å². The summed E-state index contributed by atoms with van der Waals surface area (Å²) < 4.78 is 40.8. The predicted molar refractivity (Wildman–Crippen MR) is 105 cm³/mol. The van der Waals surface area contributed by atoms with Gasteiger partial charge in [-0.25, -0.2) is 13.3 Å². The number of benzene rings is 2. The van der Waals surface area contributed by atoms with Crippen molar-refractivity contribution in [3.8, 4) is 0 Å². The van der Waals surface area contributed by atoms with Crippen LogP contribution in [0.4, 0.5) is 4.39 Å². The van der Waals surface area contributed by atoms with E-state index in [0.717, 1.165) is 16.4 Å². The van der Waals surface area contributed by atoms with Gasteiger partial charge in [0.1, 0.15) is 13.0 Å². The van der Waals surface area contributed by atoms with Crippen LogP contribution in [0.1, 0.15) is 37.9 Å². The zero-order valence-electron chi connectivity index (χ0n) is 15.2. The molecular formula is C19H25FNO2PS. The average Bonchev–Trinajstić information content (AvgIpc) is 2.52. The van der Waals surface area contributed by atoms with Crippen molar-refractivity contribution in [3.63, 3.8) is 0 Å². The molecule has 0 aliphatic carbocycles. The van der Waals surface area contributed by atoms with Crippen LogP contribution in [0, 0.1) is 5.82 Å². The normalized spacial score (nSPS) is 15.0. The molecule has 0 radical (unpaired) electrons. The summed E-state index contributed by atoms with van der Waals surface area (Å²) in [5.74, 6) is -0.312. The van der Waals surface area contributed by atoms with Crippen LogP contribution in [0.3, 0.4) is 0 Å². The lowest BCUT2D eigenvalue weighted by Crippen LogP contribution is -2.36. The fourth-order valence-electron chi connectivity index (χ4n) is 2.29. The molecule has 2 atom stereocenters. The summed E-state index contributed by atoms with van der Waals surface area (Å²) in [5, 5.41) is 0.797. The molecular weight excluding hydrogens is 356 g/mol. The molecule has 136 valence electrons. The summed E-state index contributed by atoms with van der Waals surface area (Å²) in [4.78, 5) is 0. The second-order valence-corrected chi connectivity index (χ2v) is 12.6. The van der Waals surface area contributed by atoms with Crippen LogP contribution >= 0.6 is 7.14 Å². The second kappa shape index (κ2) is 7.53. The zero-order chi connectivity index (χ0) is 18.8. The van der Waals surface area contributed by atoms with E-state index >= 15 is 0 Å². The molecule has 0 aromatic heterocycles. The lowest BCUT2D eigenvalue weighted by Gasteiger charge is -2.25. The Morgan fingerprint density at radius 1 is 0.960 bits per heavy atom. The second-order valence-electron chi connectivity index (χ2n) is 7.43. The molecule has 0 fully saturated rings. The van der Waals surface area contributed by atoms with Crippen LogP contribution in [0.25, 0.3) is 0 Å². The first kappa shape index (κ1) is 20.0. The van der Waals surface area contributed by atoms with Gasteiger partial charge in [0.15, 0.2) is 0 Å². The topological polar surface area (TPSA) is 46.2 Å². The van der Waals surface area contributed by atoms with Gasteiger partial charge in [-0.05, 0) is 57.4 Å². The van der Waals surface area contributed by atoms with Crippen LogP contribution in [-0.4, -0.2) is 22.3 Å². The Bertz CT molecular complexity index is 792. The van der Waals surface area contributed by atoms with Crippen LogP contribution in [-0.2, 0) is 15.6 Å². The first-order valence-electron chi connectivity index (χ1n) is 8.07. The standard InChI is InChI=1S/C19H25FNO2PS/c1-19(2,3)25(23)21-18(14-6-10-16(20)11-7-14)15-8-12-17(13-9-15)24(4,5)22/h6-13,18,21H,1-5H3/t18-,25-/m0/s1.